The summed E-state index contributed by atoms with van der Waals surface area (Å²) < 4.78 is 26.6. The fraction of sp³-hybridized carbons (Fsp3) is 0.292. The van der Waals surface area contributed by atoms with Crippen LogP contribution < -0.4 is 10.6 Å². The zero-order valence-electron chi connectivity index (χ0n) is 18.6. The molecular weight excluding hydrogens is 430 g/mol. The number of likely N-dealkylation sites (N-methyl/N-ethyl adjacent to an activating group) is 1. The van der Waals surface area contributed by atoms with E-state index in [1.54, 1.807) is 20.3 Å². The highest BCUT2D eigenvalue weighted by Gasteiger charge is 2.28. The van der Waals surface area contributed by atoms with Crippen LogP contribution in [0, 0.1) is 17.6 Å². The minimum absolute atomic E-state index is 0.138. The highest BCUT2D eigenvalue weighted by Crippen LogP contribution is 2.19. The summed E-state index contributed by atoms with van der Waals surface area (Å²) in [6, 6.07) is 9.67. The van der Waals surface area contributed by atoms with Crippen molar-refractivity contribution in [1.29, 1.82) is 0 Å². The monoisotopic (exact) mass is 456 g/mol. The van der Waals surface area contributed by atoms with Gasteiger partial charge in [-0.1, -0.05) is 18.2 Å². The Kier molecular flexibility index (Phi) is 7.42. The van der Waals surface area contributed by atoms with E-state index < -0.39 is 35.4 Å². The summed E-state index contributed by atoms with van der Waals surface area (Å²) in [6.07, 6.45) is 2.03. The van der Waals surface area contributed by atoms with Gasteiger partial charge in [0.25, 0.3) is 0 Å². The van der Waals surface area contributed by atoms with Crippen LogP contribution in [-0.4, -0.2) is 47.7 Å². The third kappa shape index (κ3) is 5.94. The lowest BCUT2D eigenvalue weighted by molar-refractivity contribution is -0.139. The SMILES string of the molecule is CC(C(=O)NCc1cc(F)cc(F)c1)C(=O)NC(Cc1c[nH]c2ccccc12)C(=O)N(C)C. The molecule has 2 atom stereocenters. The van der Waals surface area contributed by atoms with Gasteiger partial charge in [0.05, 0.1) is 0 Å². The molecule has 174 valence electrons. The Bertz CT molecular complexity index is 1160. The van der Waals surface area contributed by atoms with Gasteiger partial charge in [0.2, 0.25) is 17.7 Å². The van der Waals surface area contributed by atoms with Crippen LogP contribution in [0.4, 0.5) is 8.78 Å². The van der Waals surface area contributed by atoms with Crippen molar-refractivity contribution in [2.75, 3.05) is 14.1 Å². The number of H-pyrrole nitrogens is 1. The largest absolute Gasteiger partial charge is 0.361 e. The number of para-hydroxylation sites is 1. The Morgan fingerprint density at radius 2 is 1.70 bits per heavy atom. The molecule has 0 bridgehead atoms. The first-order chi connectivity index (χ1) is 15.7. The lowest BCUT2D eigenvalue weighted by Crippen LogP contribution is -2.50. The smallest absolute Gasteiger partial charge is 0.244 e. The third-order valence-electron chi connectivity index (χ3n) is 5.33. The maximum atomic E-state index is 13.3. The molecule has 0 radical (unpaired) electrons. The van der Waals surface area contributed by atoms with E-state index in [2.05, 4.69) is 15.6 Å². The number of amides is 3. The maximum absolute atomic E-state index is 13.3. The van der Waals surface area contributed by atoms with Gasteiger partial charge in [-0.05, 0) is 36.2 Å². The van der Waals surface area contributed by atoms with Crippen molar-refractivity contribution in [2.45, 2.75) is 25.9 Å². The van der Waals surface area contributed by atoms with Gasteiger partial charge in [-0.2, -0.15) is 0 Å². The molecular formula is C24H26F2N4O3. The van der Waals surface area contributed by atoms with Crippen molar-refractivity contribution >= 4 is 28.6 Å². The first kappa shape index (κ1) is 23.9. The minimum atomic E-state index is -1.12. The molecule has 0 spiro atoms. The number of benzene rings is 2. The molecule has 1 aromatic heterocycles. The van der Waals surface area contributed by atoms with E-state index in [0.717, 1.165) is 34.7 Å². The molecule has 7 nitrogen and oxygen atoms in total. The average molecular weight is 456 g/mol. The van der Waals surface area contributed by atoms with E-state index in [0.29, 0.717) is 0 Å². The molecule has 0 saturated heterocycles. The number of carbonyl (C=O) groups excluding carboxylic acids is 3. The van der Waals surface area contributed by atoms with Gasteiger partial charge in [0.1, 0.15) is 23.6 Å². The Labute approximate surface area is 190 Å². The first-order valence-corrected chi connectivity index (χ1v) is 10.4. The molecule has 3 rings (SSSR count). The third-order valence-corrected chi connectivity index (χ3v) is 5.33. The zero-order chi connectivity index (χ0) is 24.1. The molecule has 1 heterocycles. The summed E-state index contributed by atoms with van der Waals surface area (Å²) in [4.78, 5) is 42.5. The van der Waals surface area contributed by atoms with E-state index in [1.165, 1.54) is 11.8 Å². The highest BCUT2D eigenvalue weighted by atomic mass is 19.1. The number of hydrogen-bond donors (Lipinski definition) is 3. The second-order valence-electron chi connectivity index (χ2n) is 8.07. The summed E-state index contributed by atoms with van der Waals surface area (Å²) in [6.45, 7) is 1.26. The number of aromatic amines is 1. The first-order valence-electron chi connectivity index (χ1n) is 10.4. The molecule has 0 fully saturated rings. The van der Waals surface area contributed by atoms with Crippen molar-refractivity contribution in [3.8, 4) is 0 Å². The Hall–Kier alpha value is -3.75. The lowest BCUT2D eigenvalue weighted by atomic mass is 10.0. The Morgan fingerprint density at radius 3 is 2.36 bits per heavy atom. The van der Waals surface area contributed by atoms with Gasteiger partial charge in [0, 0.05) is 50.2 Å². The number of aromatic nitrogens is 1. The van der Waals surface area contributed by atoms with Gasteiger partial charge in [-0.25, -0.2) is 8.78 Å². The van der Waals surface area contributed by atoms with E-state index in [-0.39, 0.29) is 24.4 Å². The van der Waals surface area contributed by atoms with Crippen molar-refractivity contribution in [1.82, 2.24) is 20.5 Å². The number of rotatable bonds is 8. The maximum Gasteiger partial charge on any atom is 0.244 e. The van der Waals surface area contributed by atoms with E-state index in [1.807, 2.05) is 24.3 Å². The van der Waals surface area contributed by atoms with Crippen molar-refractivity contribution in [3.63, 3.8) is 0 Å². The number of carbonyl (C=O) groups is 3. The minimum Gasteiger partial charge on any atom is -0.361 e. The standard InChI is InChI=1S/C24H26F2N4O3/c1-14(22(31)28-12-15-8-17(25)11-18(26)9-15)23(32)29-21(24(33)30(2)3)10-16-13-27-20-7-5-4-6-19(16)20/h4-9,11,13-14,21,27H,10,12H2,1-3H3,(H,28,31)(H,29,32). The van der Waals surface area contributed by atoms with Gasteiger partial charge in [0.15, 0.2) is 0 Å². The molecule has 2 aromatic carbocycles. The highest BCUT2D eigenvalue weighted by molar-refractivity contribution is 6.01. The fourth-order valence-electron chi connectivity index (χ4n) is 3.50. The molecule has 33 heavy (non-hydrogen) atoms. The second-order valence-corrected chi connectivity index (χ2v) is 8.07. The van der Waals surface area contributed by atoms with Crippen LogP contribution in [0.2, 0.25) is 0 Å². The van der Waals surface area contributed by atoms with E-state index in [4.69, 9.17) is 0 Å². The molecule has 0 saturated carbocycles. The van der Waals surface area contributed by atoms with Crippen LogP contribution in [0.5, 0.6) is 0 Å². The number of halogens is 2. The van der Waals surface area contributed by atoms with E-state index >= 15 is 0 Å². The second kappa shape index (κ2) is 10.2. The number of hydrogen-bond acceptors (Lipinski definition) is 3. The van der Waals surface area contributed by atoms with Crippen molar-refractivity contribution in [2.24, 2.45) is 5.92 Å². The molecule has 3 N–H and O–H groups in total. The molecule has 0 aliphatic heterocycles. The van der Waals surface area contributed by atoms with Crippen LogP contribution in [-0.2, 0) is 27.3 Å². The Balaban J connectivity index is 1.67. The van der Waals surface area contributed by atoms with Crippen molar-refractivity contribution in [3.05, 3.63) is 71.4 Å². The summed E-state index contributed by atoms with van der Waals surface area (Å²) in [5.41, 5.74) is 2.00. The normalized spacial score (nSPS) is 12.8. The fourth-order valence-corrected chi connectivity index (χ4v) is 3.50. The number of nitrogens with zero attached hydrogens (tertiary/aromatic N) is 1. The van der Waals surface area contributed by atoms with Crippen LogP contribution in [0.25, 0.3) is 10.9 Å². The lowest BCUT2D eigenvalue weighted by Gasteiger charge is -2.23. The molecule has 9 heteroatoms. The van der Waals surface area contributed by atoms with Gasteiger partial charge < -0.3 is 20.5 Å². The number of fused-ring (bicyclic) bond motifs is 1. The van der Waals surface area contributed by atoms with E-state index in [9.17, 15) is 23.2 Å². The summed E-state index contributed by atoms with van der Waals surface area (Å²) in [5, 5.41) is 6.11. The average Bonchev–Trinajstić information content (AvgIpc) is 3.18. The molecule has 3 amide bonds. The van der Waals surface area contributed by atoms with Crippen LogP contribution in [0.3, 0.4) is 0 Å². The summed E-state index contributed by atoms with van der Waals surface area (Å²) in [7, 11) is 3.18. The predicted molar refractivity (Wildman–Crippen MR) is 120 cm³/mol. The molecule has 2 unspecified atom stereocenters. The summed E-state index contributed by atoms with van der Waals surface area (Å²) >= 11 is 0. The van der Waals surface area contributed by atoms with Gasteiger partial charge >= 0.3 is 0 Å². The van der Waals surface area contributed by atoms with Crippen molar-refractivity contribution < 1.29 is 23.2 Å². The predicted octanol–water partition coefficient (Wildman–Crippen LogP) is 2.51. The van der Waals surface area contributed by atoms with Gasteiger partial charge in [-0.15, -0.1) is 0 Å². The molecule has 0 aliphatic rings. The van der Waals surface area contributed by atoms with Gasteiger partial charge in [-0.3, -0.25) is 14.4 Å². The quantitative estimate of drug-likeness (QED) is 0.455. The molecule has 3 aromatic rings. The van der Waals surface area contributed by atoms with Crippen LogP contribution in [0.15, 0.2) is 48.7 Å². The summed E-state index contributed by atoms with van der Waals surface area (Å²) in [5.74, 6) is -4.20. The van der Waals surface area contributed by atoms with Crippen LogP contribution in [0.1, 0.15) is 18.1 Å². The zero-order valence-corrected chi connectivity index (χ0v) is 18.6. The van der Waals surface area contributed by atoms with Crippen LogP contribution >= 0.6 is 0 Å². The number of nitrogens with one attached hydrogen (secondary N) is 3. The topological polar surface area (TPSA) is 94.3 Å². The Morgan fingerprint density at radius 1 is 1.03 bits per heavy atom. The molecule has 0 aliphatic carbocycles.